The molecule has 0 aliphatic carbocycles. The summed E-state index contributed by atoms with van der Waals surface area (Å²) in [5.41, 5.74) is 1.79. The Balaban J connectivity index is 1.64. The predicted molar refractivity (Wildman–Crippen MR) is 110 cm³/mol. The van der Waals surface area contributed by atoms with E-state index < -0.39 is 0 Å². The molecule has 144 valence electrons. The van der Waals surface area contributed by atoms with Crippen LogP contribution in [0.4, 0.5) is 11.6 Å². The molecule has 0 saturated heterocycles. The molecule has 11 heteroatoms. The summed E-state index contributed by atoms with van der Waals surface area (Å²) in [4.78, 5) is 30.5. The molecule has 28 heavy (non-hydrogen) atoms. The first-order valence-corrected chi connectivity index (χ1v) is 9.33. The summed E-state index contributed by atoms with van der Waals surface area (Å²) >= 11 is 3.51. The minimum Gasteiger partial charge on any atom is -0.349 e. The van der Waals surface area contributed by atoms with Crippen molar-refractivity contribution < 1.29 is 4.79 Å². The zero-order chi connectivity index (χ0) is 19.7. The van der Waals surface area contributed by atoms with Crippen LogP contribution in [0.2, 0.25) is 0 Å². The number of fused-ring (bicyclic) bond motifs is 2. The van der Waals surface area contributed by atoms with Gasteiger partial charge in [0.15, 0.2) is 0 Å². The van der Waals surface area contributed by atoms with Crippen LogP contribution >= 0.6 is 15.9 Å². The van der Waals surface area contributed by atoms with E-state index in [0.717, 1.165) is 17.4 Å². The Morgan fingerprint density at radius 3 is 2.93 bits per heavy atom. The highest BCUT2D eigenvalue weighted by molar-refractivity contribution is 9.10. The van der Waals surface area contributed by atoms with Crippen molar-refractivity contribution in [2.45, 2.75) is 0 Å². The molecule has 4 aromatic heterocycles. The number of nitrogens with zero attached hydrogens (tertiary/aromatic N) is 5. The lowest BCUT2D eigenvalue weighted by atomic mass is 10.3. The molecule has 10 nitrogen and oxygen atoms in total. The number of nitrogens with one attached hydrogen (secondary N) is 4. The second-order valence-corrected chi connectivity index (χ2v) is 7.26. The van der Waals surface area contributed by atoms with Crippen LogP contribution in [0.3, 0.4) is 0 Å². The Morgan fingerprint density at radius 2 is 2.11 bits per heavy atom. The molecule has 0 saturated carbocycles. The van der Waals surface area contributed by atoms with E-state index >= 15 is 0 Å². The fraction of sp³-hybridized carbons (Fsp3) is 0.235. The number of carbonyl (C=O) groups is 1. The van der Waals surface area contributed by atoms with E-state index in [4.69, 9.17) is 0 Å². The number of aromatic nitrogens is 6. The zero-order valence-electron chi connectivity index (χ0n) is 15.2. The minimum atomic E-state index is -0.212. The van der Waals surface area contributed by atoms with Crippen molar-refractivity contribution in [2.75, 3.05) is 32.5 Å². The normalized spacial score (nSPS) is 11.4. The molecule has 4 rings (SSSR count). The number of carbonyl (C=O) groups excluding carboxylic acids is 1. The van der Waals surface area contributed by atoms with Crippen LogP contribution in [-0.2, 0) is 0 Å². The van der Waals surface area contributed by atoms with Gasteiger partial charge in [0, 0.05) is 18.5 Å². The Bertz CT molecular complexity index is 1150. The van der Waals surface area contributed by atoms with E-state index in [2.05, 4.69) is 56.7 Å². The first kappa shape index (κ1) is 18.3. The van der Waals surface area contributed by atoms with Gasteiger partial charge in [-0.2, -0.15) is 5.10 Å². The summed E-state index contributed by atoms with van der Waals surface area (Å²) in [6.45, 7) is 1.29. The molecule has 0 unspecified atom stereocenters. The number of likely N-dealkylation sites (N-methyl/N-ethyl adjacent to an activating group) is 1. The van der Waals surface area contributed by atoms with Gasteiger partial charge in [-0.05, 0) is 36.1 Å². The van der Waals surface area contributed by atoms with Crippen molar-refractivity contribution in [1.29, 1.82) is 0 Å². The number of hydrogen-bond donors (Lipinski definition) is 4. The third kappa shape index (κ3) is 3.53. The maximum Gasteiger partial charge on any atom is 0.269 e. The van der Waals surface area contributed by atoms with E-state index in [1.54, 1.807) is 12.4 Å². The van der Waals surface area contributed by atoms with Gasteiger partial charge in [-0.25, -0.2) is 15.0 Å². The molecule has 0 radical (unpaired) electrons. The average Bonchev–Trinajstić information content (AvgIpc) is 3.26. The van der Waals surface area contributed by atoms with Crippen LogP contribution in [0.1, 0.15) is 10.5 Å². The summed E-state index contributed by atoms with van der Waals surface area (Å²) in [5, 5.41) is 14.5. The summed E-state index contributed by atoms with van der Waals surface area (Å²) in [7, 11) is 3.90. The van der Waals surface area contributed by atoms with Crippen LogP contribution in [0, 0.1) is 0 Å². The average molecular weight is 444 g/mol. The first-order valence-electron chi connectivity index (χ1n) is 8.54. The van der Waals surface area contributed by atoms with Gasteiger partial charge in [0.25, 0.3) is 5.91 Å². The smallest absolute Gasteiger partial charge is 0.269 e. The molecule has 0 aliphatic rings. The van der Waals surface area contributed by atoms with Crippen molar-refractivity contribution >= 4 is 55.4 Å². The van der Waals surface area contributed by atoms with Crippen LogP contribution in [-0.4, -0.2) is 68.1 Å². The summed E-state index contributed by atoms with van der Waals surface area (Å²) in [6.07, 6.45) is 4.84. The fourth-order valence-corrected chi connectivity index (χ4v) is 3.41. The number of hydrogen-bond acceptors (Lipinski definition) is 7. The lowest BCUT2D eigenvalue weighted by Gasteiger charge is -2.10. The number of amides is 1. The third-order valence-corrected chi connectivity index (χ3v) is 4.97. The zero-order valence-corrected chi connectivity index (χ0v) is 16.8. The monoisotopic (exact) mass is 443 g/mol. The van der Waals surface area contributed by atoms with Gasteiger partial charge in [0.2, 0.25) is 0 Å². The lowest BCUT2D eigenvalue weighted by Crippen LogP contribution is -2.31. The van der Waals surface area contributed by atoms with Crippen molar-refractivity contribution in [3.63, 3.8) is 0 Å². The molecule has 0 aromatic carbocycles. The number of halogens is 1. The molecule has 0 spiro atoms. The summed E-state index contributed by atoms with van der Waals surface area (Å²) < 4.78 is 0.595. The van der Waals surface area contributed by atoms with Gasteiger partial charge in [-0.15, -0.1) is 0 Å². The Morgan fingerprint density at radius 1 is 1.25 bits per heavy atom. The number of H-pyrrole nitrogens is 2. The number of pyridine rings is 1. The van der Waals surface area contributed by atoms with E-state index in [-0.39, 0.29) is 5.91 Å². The molecular formula is C17H18BrN9O. The topological polar surface area (TPSA) is 128 Å². The van der Waals surface area contributed by atoms with Gasteiger partial charge in [-0.1, -0.05) is 0 Å². The van der Waals surface area contributed by atoms with Crippen molar-refractivity contribution in [3.8, 4) is 0 Å². The lowest BCUT2D eigenvalue weighted by molar-refractivity contribution is 0.0946. The Kier molecular flexibility index (Phi) is 4.92. The molecule has 0 fully saturated rings. The van der Waals surface area contributed by atoms with Crippen LogP contribution in [0.15, 0.2) is 29.3 Å². The van der Waals surface area contributed by atoms with Gasteiger partial charge in [-0.3, -0.25) is 9.89 Å². The highest BCUT2D eigenvalue weighted by Gasteiger charge is 2.20. The van der Waals surface area contributed by atoms with E-state index in [1.807, 2.05) is 25.1 Å². The van der Waals surface area contributed by atoms with E-state index in [0.29, 0.717) is 39.4 Å². The van der Waals surface area contributed by atoms with Gasteiger partial charge < -0.3 is 20.5 Å². The van der Waals surface area contributed by atoms with Crippen LogP contribution < -0.4 is 10.6 Å². The molecule has 0 bridgehead atoms. The largest absolute Gasteiger partial charge is 0.349 e. The maximum atomic E-state index is 12.5. The Hall–Kier alpha value is -3.05. The summed E-state index contributed by atoms with van der Waals surface area (Å²) in [6, 6.07) is 1.86. The Labute approximate surface area is 168 Å². The highest BCUT2D eigenvalue weighted by Crippen LogP contribution is 2.32. The molecule has 1 amide bonds. The van der Waals surface area contributed by atoms with E-state index in [1.165, 1.54) is 6.33 Å². The first-order chi connectivity index (χ1) is 13.5. The number of anilines is 2. The molecule has 0 aliphatic heterocycles. The van der Waals surface area contributed by atoms with Crippen LogP contribution in [0.25, 0.3) is 21.9 Å². The quantitative estimate of drug-likeness (QED) is 0.358. The van der Waals surface area contributed by atoms with Crippen molar-refractivity contribution in [1.82, 2.24) is 40.3 Å². The fourth-order valence-electron chi connectivity index (χ4n) is 2.75. The number of rotatable bonds is 6. The van der Waals surface area contributed by atoms with Crippen molar-refractivity contribution in [3.05, 3.63) is 35.0 Å². The highest BCUT2D eigenvalue weighted by atomic mass is 79.9. The standard InChI is InChI=1S/C17H18BrN9O/c1-27(2)4-3-19-17(28)14-13(18)12-15(21-8-22-16(12)25-14)24-11-5-9-6-23-26-10(9)7-20-11/h5-8H,3-4H2,1-2H3,(H,19,28)(H,23,26)(H2,20,21,22,24,25). The van der Waals surface area contributed by atoms with Gasteiger partial charge in [0.05, 0.1) is 27.8 Å². The molecular weight excluding hydrogens is 426 g/mol. The summed E-state index contributed by atoms with van der Waals surface area (Å²) in [5.74, 6) is 0.936. The molecule has 4 N–H and O–H groups in total. The predicted octanol–water partition coefficient (Wildman–Crippen LogP) is 2.03. The van der Waals surface area contributed by atoms with Gasteiger partial charge in [0.1, 0.15) is 29.3 Å². The van der Waals surface area contributed by atoms with E-state index in [9.17, 15) is 4.79 Å². The molecule has 4 aromatic rings. The SMILES string of the molecule is CN(C)CCNC(=O)c1[nH]c2ncnc(Nc3cc4cn[nH]c4cn3)c2c1Br. The minimum absolute atomic E-state index is 0.212. The second-order valence-electron chi connectivity index (χ2n) is 6.47. The molecule has 0 atom stereocenters. The molecule has 4 heterocycles. The third-order valence-electron chi connectivity index (χ3n) is 4.17. The maximum absolute atomic E-state index is 12.5. The van der Waals surface area contributed by atoms with Crippen molar-refractivity contribution in [2.24, 2.45) is 0 Å². The van der Waals surface area contributed by atoms with Crippen LogP contribution in [0.5, 0.6) is 0 Å². The van der Waals surface area contributed by atoms with Gasteiger partial charge >= 0.3 is 0 Å². The second kappa shape index (κ2) is 7.52. The number of aromatic amines is 2.